The van der Waals surface area contributed by atoms with Crippen molar-refractivity contribution in [1.29, 1.82) is 0 Å². The fraction of sp³-hybridized carbons (Fsp3) is 0.526. The number of nitrogens with zero attached hydrogens (tertiary/aromatic N) is 1. The fourth-order valence-corrected chi connectivity index (χ4v) is 5.62. The highest BCUT2D eigenvalue weighted by atomic mass is 35.5. The molecule has 1 aromatic carbocycles. The molecule has 4 unspecified atom stereocenters. The molecule has 4 heterocycles. The summed E-state index contributed by atoms with van der Waals surface area (Å²) in [7, 11) is 0. The number of benzene rings is 1. The Hall–Kier alpha value is -1.58. The average molecular weight is 360 g/mol. The highest BCUT2D eigenvalue weighted by Crippen LogP contribution is 2.65. The van der Waals surface area contributed by atoms with Gasteiger partial charge in [-0.1, -0.05) is 17.5 Å². The van der Waals surface area contributed by atoms with Crippen LogP contribution < -0.4 is 4.90 Å². The first-order valence-electron chi connectivity index (χ1n) is 8.50. The van der Waals surface area contributed by atoms with Crippen molar-refractivity contribution in [1.82, 2.24) is 0 Å². The lowest BCUT2D eigenvalue weighted by Gasteiger charge is -2.43. The van der Waals surface area contributed by atoms with Gasteiger partial charge in [0, 0.05) is 24.1 Å². The zero-order valence-corrected chi connectivity index (χ0v) is 14.5. The zero-order chi connectivity index (χ0) is 17.6. The maximum absolute atomic E-state index is 13.3. The number of halogens is 1. The van der Waals surface area contributed by atoms with Crippen molar-refractivity contribution in [3.8, 4) is 12.3 Å². The van der Waals surface area contributed by atoms with Crippen LogP contribution in [0.1, 0.15) is 25.3 Å². The molecule has 0 saturated carbocycles. The van der Waals surface area contributed by atoms with E-state index in [1.807, 2.05) is 6.92 Å². The molecule has 0 aromatic heterocycles. The Bertz CT molecular complexity index is 835. The van der Waals surface area contributed by atoms with Gasteiger partial charge in [0.1, 0.15) is 11.8 Å². The van der Waals surface area contributed by atoms with Crippen LogP contribution >= 0.6 is 11.6 Å². The highest BCUT2D eigenvalue weighted by molar-refractivity contribution is 6.31. The fourth-order valence-electron chi connectivity index (χ4n) is 5.45. The summed E-state index contributed by atoms with van der Waals surface area (Å²) in [6, 6.07) is 5.23. The molecule has 6 atom stereocenters. The van der Waals surface area contributed by atoms with Gasteiger partial charge in [0.05, 0.1) is 35.2 Å². The minimum Gasteiger partial charge on any atom is -0.390 e. The number of carbonyl (C=O) groups excluding carboxylic acids is 1. The van der Waals surface area contributed by atoms with Gasteiger partial charge in [-0.25, -0.2) is 0 Å². The summed E-state index contributed by atoms with van der Waals surface area (Å²) in [5.74, 6) is 2.03. The van der Waals surface area contributed by atoms with Crippen LogP contribution in [0.25, 0.3) is 0 Å². The van der Waals surface area contributed by atoms with Gasteiger partial charge in [0.2, 0.25) is 5.91 Å². The Morgan fingerprint density at radius 1 is 1.48 bits per heavy atom. The molecule has 2 bridgehead atoms. The zero-order valence-electron chi connectivity index (χ0n) is 13.7. The number of aliphatic hydroxyl groups excluding tert-OH is 1. The van der Waals surface area contributed by atoms with Crippen LogP contribution in [0, 0.1) is 24.2 Å². The predicted octanol–water partition coefficient (Wildman–Crippen LogP) is 1.94. The van der Waals surface area contributed by atoms with Gasteiger partial charge in [0.15, 0.2) is 0 Å². The highest BCUT2D eigenvalue weighted by Gasteiger charge is 2.78. The quantitative estimate of drug-likeness (QED) is 0.778. The number of hydrogen-bond acceptors (Lipinski definition) is 4. The van der Waals surface area contributed by atoms with Gasteiger partial charge < -0.3 is 14.6 Å². The third-order valence-electron chi connectivity index (χ3n) is 6.40. The molecule has 0 aliphatic carbocycles. The molecule has 4 fully saturated rings. The normalized spacial score (nSPS) is 44.1. The van der Waals surface area contributed by atoms with Crippen LogP contribution in [0.5, 0.6) is 0 Å². The molecule has 4 aliphatic rings. The standard InChI is InChI=1S/C19H18ClNO4/c1-3-10-8-11(4-5-12(10)20)21-16(23)14-15-17(21)24-7-6-19(15)13(22)9-18(14,2)25-19/h1,4-5,8,13-15,17,22H,6-7,9H2,2H3/t13?,14-,15+,17?,18?,19?/m1/s1. The van der Waals surface area contributed by atoms with Gasteiger partial charge >= 0.3 is 0 Å². The summed E-state index contributed by atoms with van der Waals surface area (Å²) in [6.45, 7) is 2.38. The van der Waals surface area contributed by atoms with Crippen LogP contribution in [0.15, 0.2) is 18.2 Å². The Morgan fingerprint density at radius 2 is 2.28 bits per heavy atom. The number of fused-ring (bicyclic) bond motifs is 2. The van der Waals surface area contributed by atoms with Gasteiger partial charge in [-0.3, -0.25) is 9.69 Å². The third kappa shape index (κ3) is 1.73. The topological polar surface area (TPSA) is 59.0 Å². The number of amides is 1. The first-order valence-corrected chi connectivity index (χ1v) is 8.88. The van der Waals surface area contributed by atoms with E-state index < -0.39 is 23.5 Å². The molecule has 5 rings (SSSR count). The number of aliphatic hydroxyl groups is 1. The molecule has 1 amide bonds. The number of rotatable bonds is 1. The summed E-state index contributed by atoms with van der Waals surface area (Å²) in [4.78, 5) is 15.0. The molecule has 6 heteroatoms. The Morgan fingerprint density at radius 3 is 3.04 bits per heavy atom. The van der Waals surface area contributed by atoms with Crippen molar-refractivity contribution in [3.05, 3.63) is 28.8 Å². The first-order chi connectivity index (χ1) is 11.9. The van der Waals surface area contributed by atoms with Gasteiger partial charge in [-0.15, -0.1) is 6.42 Å². The molecule has 0 radical (unpaired) electrons. The van der Waals surface area contributed by atoms with Crippen molar-refractivity contribution < 1.29 is 19.4 Å². The van der Waals surface area contributed by atoms with E-state index in [1.54, 1.807) is 23.1 Å². The van der Waals surface area contributed by atoms with E-state index in [0.717, 1.165) is 0 Å². The molecule has 5 nitrogen and oxygen atoms in total. The van der Waals surface area contributed by atoms with E-state index in [-0.39, 0.29) is 17.7 Å². The van der Waals surface area contributed by atoms with Crippen molar-refractivity contribution >= 4 is 23.2 Å². The monoisotopic (exact) mass is 359 g/mol. The van der Waals surface area contributed by atoms with Gasteiger partial charge in [0.25, 0.3) is 0 Å². The van der Waals surface area contributed by atoms with Gasteiger partial charge in [-0.05, 0) is 25.1 Å². The number of terminal acetylenes is 1. The van der Waals surface area contributed by atoms with Crippen molar-refractivity contribution in [2.24, 2.45) is 11.8 Å². The van der Waals surface area contributed by atoms with E-state index in [0.29, 0.717) is 35.7 Å². The van der Waals surface area contributed by atoms with E-state index >= 15 is 0 Å². The lowest BCUT2D eigenvalue weighted by Crippen LogP contribution is -2.56. The SMILES string of the molecule is C#Cc1cc(N2C(=O)[C@H]3[C@H]4C2OCCC42OC3(C)CC2O)ccc1Cl. The Kier molecular flexibility index (Phi) is 2.99. The molecule has 1 N–H and O–H groups in total. The third-order valence-corrected chi connectivity index (χ3v) is 6.73. The van der Waals surface area contributed by atoms with Crippen LogP contribution in [0.3, 0.4) is 0 Å². The maximum atomic E-state index is 13.3. The molecular weight excluding hydrogens is 342 g/mol. The molecule has 1 spiro atoms. The molecule has 130 valence electrons. The second kappa shape index (κ2) is 4.77. The van der Waals surface area contributed by atoms with Crippen LogP contribution in [-0.2, 0) is 14.3 Å². The minimum atomic E-state index is -0.686. The largest absolute Gasteiger partial charge is 0.390 e. The molecule has 4 saturated heterocycles. The van der Waals surface area contributed by atoms with Crippen molar-refractivity contribution in [2.75, 3.05) is 11.5 Å². The number of carbonyl (C=O) groups is 1. The van der Waals surface area contributed by atoms with Crippen molar-refractivity contribution in [2.45, 2.75) is 43.3 Å². The summed E-state index contributed by atoms with van der Waals surface area (Å²) in [5, 5.41) is 11.1. The molecular formula is C19H18ClNO4. The number of ether oxygens (including phenoxy) is 2. The smallest absolute Gasteiger partial charge is 0.235 e. The average Bonchev–Trinajstić information content (AvgIpc) is 3.12. The predicted molar refractivity (Wildman–Crippen MR) is 91.1 cm³/mol. The summed E-state index contributed by atoms with van der Waals surface area (Å²) in [5.41, 5.74) is -0.117. The minimum absolute atomic E-state index is 0.0292. The summed E-state index contributed by atoms with van der Waals surface area (Å²) in [6.07, 6.45) is 5.59. The van der Waals surface area contributed by atoms with E-state index in [4.69, 9.17) is 27.5 Å². The second-order valence-electron chi connectivity index (χ2n) is 7.62. The van der Waals surface area contributed by atoms with Crippen LogP contribution in [0.2, 0.25) is 5.02 Å². The molecule has 4 aliphatic heterocycles. The van der Waals surface area contributed by atoms with Crippen LogP contribution in [-0.4, -0.2) is 41.2 Å². The lowest BCUT2D eigenvalue weighted by molar-refractivity contribution is -0.163. The number of anilines is 1. The van der Waals surface area contributed by atoms with E-state index in [1.165, 1.54) is 0 Å². The number of hydrogen-bond donors (Lipinski definition) is 1. The Labute approximate surface area is 150 Å². The van der Waals surface area contributed by atoms with Crippen molar-refractivity contribution in [3.63, 3.8) is 0 Å². The van der Waals surface area contributed by atoms with E-state index in [2.05, 4.69) is 5.92 Å². The summed E-state index contributed by atoms with van der Waals surface area (Å²) < 4.78 is 12.3. The first kappa shape index (κ1) is 15.7. The molecule has 1 aromatic rings. The molecule has 25 heavy (non-hydrogen) atoms. The lowest BCUT2D eigenvalue weighted by atomic mass is 9.65. The second-order valence-corrected chi connectivity index (χ2v) is 8.03. The van der Waals surface area contributed by atoms with E-state index in [9.17, 15) is 9.90 Å². The summed E-state index contributed by atoms with van der Waals surface area (Å²) >= 11 is 6.11. The van der Waals surface area contributed by atoms with Crippen LogP contribution in [0.4, 0.5) is 5.69 Å². The maximum Gasteiger partial charge on any atom is 0.235 e. The van der Waals surface area contributed by atoms with Gasteiger partial charge in [-0.2, -0.15) is 0 Å². The Balaban J connectivity index is 1.63.